The van der Waals surface area contributed by atoms with Crippen LogP contribution in [0.25, 0.3) is 0 Å². The van der Waals surface area contributed by atoms with Gasteiger partial charge in [-0.25, -0.2) is 0 Å². The second kappa shape index (κ2) is 4.98. The molecule has 0 amide bonds. The molecule has 1 aliphatic carbocycles. The molecule has 3 heteroatoms. The summed E-state index contributed by atoms with van der Waals surface area (Å²) >= 11 is 6.96. The fourth-order valence-electron chi connectivity index (χ4n) is 1.46. The quantitative estimate of drug-likeness (QED) is 0.736. The standard InChI is InChI=1S/C12H14Br2O/c13-8-12(5-6-12)9-15-7-10-1-3-11(14)4-2-10/h1-4H,5-9H2. The van der Waals surface area contributed by atoms with E-state index in [1.807, 2.05) is 0 Å². The third kappa shape index (κ3) is 3.30. The van der Waals surface area contributed by atoms with E-state index >= 15 is 0 Å². The van der Waals surface area contributed by atoms with E-state index in [9.17, 15) is 0 Å². The lowest BCUT2D eigenvalue weighted by Gasteiger charge is -2.11. The molecule has 82 valence electrons. The summed E-state index contributed by atoms with van der Waals surface area (Å²) in [6.07, 6.45) is 2.61. The zero-order valence-corrected chi connectivity index (χ0v) is 11.7. The van der Waals surface area contributed by atoms with Gasteiger partial charge in [-0.2, -0.15) is 0 Å². The van der Waals surface area contributed by atoms with Gasteiger partial charge in [0.25, 0.3) is 0 Å². The Hall–Kier alpha value is 0.140. The first-order chi connectivity index (χ1) is 7.24. The topological polar surface area (TPSA) is 9.23 Å². The molecule has 0 saturated heterocycles. The van der Waals surface area contributed by atoms with Gasteiger partial charge in [-0.05, 0) is 30.5 Å². The van der Waals surface area contributed by atoms with Crippen LogP contribution in [0.1, 0.15) is 18.4 Å². The number of alkyl halides is 1. The summed E-state index contributed by atoms with van der Waals surface area (Å²) in [6, 6.07) is 8.29. The number of halogens is 2. The molecular formula is C12H14Br2O. The first-order valence-corrected chi connectivity index (χ1v) is 7.04. The van der Waals surface area contributed by atoms with Gasteiger partial charge < -0.3 is 4.74 Å². The lowest BCUT2D eigenvalue weighted by Crippen LogP contribution is -2.11. The summed E-state index contributed by atoms with van der Waals surface area (Å²) in [6.45, 7) is 1.61. The van der Waals surface area contributed by atoms with Crippen molar-refractivity contribution in [1.29, 1.82) is 0 Å². The second-order valence-electron chi connectivity index (χ2n) is 4.25. The third-order valence-electron chi connectivity index (χ3n) is 2.83. The molecule has 1 aromatic carbocycles. The molecule has 0 aliphatic heterocycles. The zero-order valence-electron chi connectivity index (χ0n) is 8.51. The Morgan fingerprint density at radius 2 is 1.87 bits per heavy atom. The van der Waals surface area contributed by atoms with Crippen LogP contribution in [0.15, 0.2) is 28.7 Å². The fourth-order valence-corrected chi connectivity index (χ4v) is 2.45. The van der Waals surface area contributed by atoms with Gasteiger partial charge in [0.2, 0.25) is 0 Å². The van der Waals surface area contributed by atoms with Crippen molar-refractivity contribution in [3.05, 3.63) is 34.3 Å². The van der Waals surface area contributed by atoms with E-state index in [0.29, 0.717) is 5.41 Å². The number of hydrogen-bond acceptors (Lipinski definition) is 1. The Bertz CT molecular complexity index is 317. The molecule has 0 heterocycles. The van der Waals surface area contributed by atoms with Crippen LogP contribution >= 0.6 is 31.9 Å². The lowest BCUT2D eigenvalue weighted by molar-refractivity contribution is 0.0860. The number of benzene rings is 1. The first kappa shape index (κ1) is 11.6. The Morgan fingerprint density at radius 1 is 1.20 bits per heavy atom. The van der Waals surface area contributed by atoms with Crippen LogP contribution in [0.2, 0.25) is 0 Å². The number of rotatable bonds is 5. The minimum Gasteiger partial charge on any atom is -0.376 e. The monoisotopic (exact) mass is 332 g/mol. The molecule has 15 heavy (non-hydrogen) atoms. The van der Waals surface area contributed by atoms with Crippen LogP contribution in [-0.4, -0.2) is 11.9 Å². The van der Waals surface area contributed by atoms with Gasteiger partial charge in [0, 0.05) is 15.2 Å². The number of ether oxygens (including phenoxy) is 1. The van der Waals surface area contributed by atoms with Crippen molar-refractivity contribution < 1.29 is 4.74 Å². The molecule has 0 N–H and O–H groups in total. The summed E-state index contributed by atoms with van der Waals surface area (Å²) < 4.78 is 6.85. The van der Waals surface area contributed by atoms with E-state index < -0.39 is 0 Å². The maximum atomic E-state index is 5.73. The maximum absolute atomic E-state index is 5.73. The van der Waals surface area contributed by atoms with Crippen LogP contribution < -0.4 is 0 Å². The van der Waals surface area contributed by atoms with E-state index in [1.165, 1.54) is 18.4 Å². The average Bonchev–Trinajstić information content (AvgIpc) is 3.02. The van der Waals surface area contributed by atoms with Crippen molar-refractivity contribution >= 4 is 31.9 Å². The lowest BCUT2D eigenvalue weighted by atomic mass is 10.2. The molecule has 1 nitrogen and oxygen atoms in total. The van der Waals surface area contributed by atoms with Crippen LogP contribution in [0, 0.1) is 5.41 Å². The van der Waals surface area contributed by atoms with E-state index in [-0.39, 0.29) is 0 Å². The summed E-state index contributed by atoms with van der Waals surface area (Å²) in [5.74, 6) is 0. The van der Waals surface area contributed by atoms with Gasteiger partial charge in [-0.3, -0.25) is 0 Å². The number of hydrogen-bond donors (Lipinski definition) is 0. The summed E-state index contributed by atoms with van der Waals surface area (Å²) in [5.41, 5.74) is 1.69. The average molecular weight is 334 g/mol. The van der Waals surface area contributed by atoms with Crippen LogP contribution in [0.3, 0.4) is 0 Å². The smallest absolute Gasteiger partial charge is 0.0717 e. The molecule has 0 radical (unpaired) electrons. The molecule has 0 unspecified atom stereocenters. The van der Waals surface area contributed by atoms with Crippen LogP contribution in [0.5, 0.6) is 0 Å². The molecule has 2 rings (SSSR count). The highest BCUT2D eigenvalue weighted by Crippen LogP contribution is 2.47. The minimum absolute atomic E-state index is 0.454. The van der Waals surface area contributed by atoms with Crippen LogP contribution in [-0.2, 0) is 11.3 Å². The van der Waals surface area contributed by atoms with Crippen molar-refractivity contribution in [1.82, 2.24) is 0 Å². The highest BCUT2D eigenvalue weighted by atomic mass is 79.9. The van der Waals surface area contributed by atoms with E-state index in [4.69, 9.17) is 4.74 Å². The normalized spacial score (nSPS) is 17.7. The zero-order chi connectivity index (χ0) is 10.7. The van der Waals surface area contributed by atoms with E-state index in [0.717, 1.165) is 23.0 Å². The highest BCUT2D eigenvalue weighted by Gasteiger charge is 2.41. The van der Waals surface area contributed by atoms with Crippen molar-refractivity contribution in [2.75, 3.05) is 11.9 Å². The largest absolute Gasteiger partial charge is 0.376 e. The van der Waals surface area contributed by atoms with Crippen molar-refractivity contribution in [3.8, 4) is 0 Å². The fraction of sp³-hybridized carbons (Fsp3) is 0.500. The van der Waals surface area contributed by atoms with Gasteiger partial charge >= 0.3 is 0 Å². The van der Waals surface area contributed by atoms with Gasteiger partial charge in [-0.1, -0.05) is 44.0 Å². The molecule has 0 atom stereocenters. The molecule has 0 spiro atoms. The Morgan fingerprint density at radius 3 is 2.40 bits per heavy atom. The van der Waals surface area contributed by atoms with E-state index in [1.54, 1.807) is 0 Å². The Kier molecular flexibility index (Phi) is 3.86. The molecule has 0 bridgehead atoms. The van der Waals surface area contributed by atoms with Crippen molar-refractivity contribution in [3.63, 3.8) is 0 Å². The summed E-state index contributed by atoms with van der Waals surface area (Å²) in [5, 5.41) is 1.07. The first-order valence-electron chi connectivity index (χ1n) is 5.12. The minimum atomic E-state index is 0.454. The van der Waals surface area contributed by atoms with Crippen molar-refractivity contribution in [2.24, 2.45) is 5.41 Å². The highest BCUT2D eigenvalue weighted by molar-refractivity contribution is 9.10. The Balaban J connectivity index is 1.76. The summed E-state index contributed by atoms with van der Waals surface area (Å²) in [4.78, 5) is 0. The molecule has 1 aromatic rings. The predicted octanol–water partition coefficient (Wildman–Crippen LogP) is 4.14. The van der Waals surface area contributed by atoms with Gasteiger partial charge in [-0.15, -0.1) is 0 Å². The van der Waals surface area contributed by atoms with Gasteiger partial charge in [0.05, 0.1) is 13.2 Å². The van der Waals surface area contributed by atoms with Gasteiger partial charge in [0.1, 0.15) is 0 Å². The van der Waals surface area contributed by atoms with Crippen LogP contribution in [0.4, 0.5) is 0 Å². The summed E-state index contributed by atoms with van der Waals surface area (Å²) in [7, 11) is 0. The second-order valence-corrected chi connectivity index (χ2v) is 5.73. The van der Waals surface area contributed by atoms with Crippen molar-refractivity contribution in [2.45, 2.75) is 19.4 Å². The molecule has 1 aliphatic rings. The maximum Gasteiger partial charge on any atom is 0.0717 e. The molecule has 1 saturated carbocycles. The Labute approximate surface area is 107 Å². The molecular weight excluding hydrogens is 320 g/mol. The van der Waals surface area contributed by atoms with Gasteiger partial charge in [0.15, 0.2) is 0 Å². The molecule has 0 aromatic heterocycles. The SMILES string of the molecule is BrCC1(COCc2ccc(Br)cc2)CC1. The predicted molar refractivity (Wildman–Crippen MR) is 69.3 cm³/mol. The molecule has 1 fully saturated rings. The van der Waals surface area contributed by atoms with E-state index in [2.05, 4.69) is 56.1 Å². The third-order valence-corrected chi connectivity index (χ3v) is 4.55.